The summed E-state index contributed by atoms with van der Waals surface area (Å²) in [6.45, 7) is -0.831. The summed E-state index contributed by atoms with van der Waals surface area (Å²) < 4.78 is 17.6. The number of ether oxygens (including phenoxy) is 1. The topological polar surface area (TPSA) is 88.1 Å². The number of aliphatic imine (C=N–C) groups is 1. The highest BCUT2D eigenvalue weighted by Gasteiger charge is 2.47. The zero-order chi connectivity index (χ0) is 10.3. The molecular weight excluding hydrogens is 211 g/mol. The lowest BCUT2D eigenvalue weighted by molar-refractivity contribution is -0.157. The molecule has 80 valence electrons. The fourth-order valence-corrected chi connectivity index (χ4v) is 2.56. The smallest absolute Gasteiger partial charge is 0.157 e. The molecule has 0 aromatic rings. The van der Waals surface area contributed by atoms with E-state index < -0.39 is 36.5 Å². The summed E-state index contributed by atoms with van der Waals surface area (Å²) in [5, 5.41) is 19.3. The van der Waals surface area contributed by atoms with Gasteiger partial charge in [-0.2, -0.15) is 0 Å². The summed E-state index contributed by atoms with van der Waals surface area (Å²) in [4.78, 5) is 3.91. The first kappa shape index (κ1) is 10.2. The molecule has 1 fully saturated rings. The SMILES string of the molecule is NC1=N[C@@H]2[C@@H](O)[C@H](O)[C@@H](CF)O[C@@H]2S1. The second-order valence-electron chi connectivity index (χ2n) is 3.25. The van der Waals surface area contributed by atoms with E-state index in [0.29, 0.717) is 5.17 Å². The van der Waals surface area contributed by atoms with Crippen LogP contribution in [-0.4, -0.2) is 51.8 Å². The fraction of sp³-hybridized carbons (Fsp3) is 0.857. The van der Waals surface area contributed by atoms with Gasteiger partial charge in [0.25, 0.3) is 0 Å². The molecule has 0 aromatic heterocycles. The van der Waals surface area contributed by atoms with Crippen LogP contribution in [0.1, 0.15) is 0 Å². The number of thioether (sulfide) groups is 1. The minimum atomic E-state index is -1.24. The fourth-order valence-electron chi connectivity index (χ4n) is 1.57. The van der Waals surface area contributed by atoms with Crippen molar-refractivity contribution in [1.29, 1.82) is 0 Å². The van der Waals surface area contributed by atoms with Crippen molar-refractivity contribution in [3.63, 3.8) is 0 Å². The Bertz CT molecular complexity index is 265. The Labute approximate surface area is 84.1 Å². The van der Waals surface area contributed by atoms with E-state index in [2.05, 4.69) is 4.99 Å². The highest BCUT2D eigenvalue weighted by molar-refractivity contribution is 8.14. The number of nitrogens with zero attached hydrogens (tertiary/aromatic N) is 1. The Morgan fingerprint density at radius 3 is 2.86 bits per heavy atom. The van der Waals surface area contributed by atoms with E-state index >= 15 is 0 Å². The predicted molar refractivity (Wildman–Crippen MR) is 49.7 cm³/mol. The molecule has 0 saturated carbocycles. The van der Waals surface area contributed by atoms with Crippen LogP contribution >= 0.6 is 11.8 Å². The van der Waals surface area contributed by atoms with E-state index in [9.17, 15) is 14.6 Å². The average Bonchev–Trinajstić information content (AvgIpc) is 2.52. The Kier molecular flexibility index (Phi) is 2.65. The molecule has 0 radical (unpaired) electrons. The number of aliphatic hydroxyl groups is 2. The van der Waals surface area contributed by atoms with Crippen LogP contribution in [0.25, 0.3) is 0 Å². The van der Waals surface area contributed by atoms with Gasteiger partial charge in [0.1, 0.15) is 36.5 Å². The zero-order valence-electron chi connectivity index (χ0n) is 7.21. The predicted octanol–water partition coefficient (Wildman–Crippen LogP) is -1.17. The number of nitrogens with two attached hydrogens (primary N) is 1. The molecular formula is C7H11FN2O3S. The van der Waals surface area contributed by atoms with Gasteiger partial charge >= 0.3 is 0 Å². The maximum Gasteiger partial charge on any atom is 0.157 e. The number of halogens is 1. The number of hydrogen-bond acceptors (Lipinski definition) is 6. The lowest BCUT2D eigenvalue weighted by Gasteiger charge is -2.36. The van der Waals surface area contributed by atoms with E-state index in [1.165, 1.54) is 0 Å². The third-order valence-corrected chi connectivity index (χ3v) is 3.30. The number of alkyl halides is 1. The van der Waals surface area contributed by atoms with Gasteiger partial charge in [-0.1, -0.05) is 11.8 Å². The van der Waals surface area contributed by atoms with Crippen molar-refractivity contribution in [2.75, 3.05) is 6.67 Å². The first-order valence-electron chi connectivity index (χ1n) is 4.21. The van der Waals surface area contributed by atoms with Crippen LogP contribution in [0.5, 0.6) is 0 Å². The molecule has 0 unspecified atom stereocenters. The van der Waals surface area contributed by atoms with Crippen molar-refractivity contribution in [3.8, 4) is 0 Å². The van der Waals surface area contributed by atoms with Gasteiger partial charge in [-0.25, -0.2) is 4.39 Å². The molecule has 0 amide bonds. The maximum absolute atomic E-state index is 12.4. The van der Waals surface area contributed by atoms with Crippen molar-refractivity contribution < 1.29 is 19.3 Å². The van der Waals surface area contributed by atoms with E-state index in [0.717, 1.165) is 11.8 Å². The molecule has 1 saturated heterocycles. The van der Waals surface area contributed by atoms with Crippen LogP contribution in [0.4, 0.5) is 4.39 Å². The molecule has 0 spiro atoms. The Balaban J connectivity index is 2.14. The minimum Gasteiger partial charge on any atom is -0.388 e. The van der Waals surface area contributed by atoms with Crippen LogP contribution in [0.15, 0.2) is 4.99 Å². The molecule has 2 heterocycles. The molecule has 7 heteroatoms. The van der Waals surface area contributed by atoms with Crippen LogP contribution < -0.4 is 5.73 Å². The van der Waals surface area contributed by atoms with Gasteiger partial charge < -0.3 is 20.7 Å². The van der Waals surface area contributed by atoms with E-state index in [1.807, 2.05) is 0 Å². The molecule has 4 N–H and O–H groups in total. The Morgan fingerprint density at radius 2 is 2.21 bits per heavy atom. The van der Waals surface area contributed by atoms with E-state index in [-0.39, 0.29) is 0 Å². The number of aliphatic hydroxyl groups excluding tert-OH is 2. The summed E-state index contributed by atoms with van der Waals surface area (Å²) >= 11 is 1.14. The Hall–Kier alpha value is -0.370. The molecule has 0 bridgehead atoms. The zero-order valence-corrected chi connectivity index (χ0v) is 8.02. The quantitative estimate of drug-likeness (QED) is 0.520. The summed E-state index contributed by atoms with van der Waals surface area (Å²) in [6.07, 6.45) is -3.33. The minimum absolute atomic E-state index is 0.297. The van der Waals surface area contributed by atoms with Crippen molar-refractivity contribution in [3.05, 3.63) is 0 Å². The van der Waals surface area contributed by atoms with Gasteiger partial charge in [0.15, 0.2) is 5.17 Å². The van der Waals surface area contributed by atoms with Crippen molar-refractivity contribution in [1.82, 2.24) is 0 Å². The molecule has 14 heavy (non-hydrogen) atoms. The highest BCUT2D eigenvalue weighted by Crippen LogP contribution is 2.35. The normalized spacial score (nSPS) is 47.4. The molecule has 5 nitrogen and oxygen atoms in total. The number of rotatable bonds is 1. The third-order valence-electron chi connectivity index (χ3n) is 2.33. The van der Waals surface area contributed by atoms with Crippen molar-refractivity contribution in [2.24, 2.45) is 10.7 Å². The van der Waals surface area contributed by atoms with E-state index in [1.54, 1.807) is 0 Å². The van der Waals surface area contributed by atoms with Crippen LogP contribution in [0.2, 0.25) is 0 Å². The second kappa shape index (κ2) is 3.65. The molecule has 0 aliphatic carbocycles. The molecule has 0 aromatic carbocycles. The van der Waals surface area contributed by atoms with Crippen molar-refractivity contribution >= 4 is 16.9 Å². The molecule has 5 atom stereocenters. The second-order valence-corrected chi connectivity index (χ2v) is 4.37. The third kappa shape index (κ3) is 1.50. The summed E-state index contributed by atoms with van der Waals surface area (Å²) in [7, 11) is 0. The van der Waals surface area contributed by atoms with Gasteiger partial charge in [0, 0.05) is 0 Å². The van der Waals surface area contributed by atoms with Gasteiger partial charge in [-0.15, -0.1) is 0 Å². The number of fused-ring (bicyclic) bond motifs is 1. The number of amidine groups is 1. The number of hydrogen-bond donors (Lipinski definition) is 3. The highest BCUT2D eigenvalue weighted by atomic mass is 32.2. The van der Waals surface area contributed by atoms with Gasteiger partial charge in [0.05, 0.1) is 0 Å². The van der Waals surface area contributed by atoms with Crippen LogP contribution in [0.3, 0.4) is 0 Å². The van der Waals surface area contributed by atoms with Crippen molar-refractivity contribution in [2.45, 2.75) is 29.8 Å². The molecule has 2 rings (SSSR count). The first-order chi connectivity index (χ1) is 6.63. The van der Waals surface area contributed by atoms with Crippen LogP contribution in [0, 0.1) is 0 Å². The monoisotopic (exact) mass is 222 g/mol. The van der Waals surface area contributed by atoms with Crippen LogP contribution in [-0.2, 0) is 4.74 Å². The first-order valence-corrected chi connectivity index (χ1v) is 5.09. The molecule has 2 aliphatic heterocycles. The summed E-state index contributed by atoms with van der Waals surface area (Å²) in [6, 6.07) is -0.585. The maximum atomic E-state index is 12.4. The molecule has 2 aliphatic rings. The largest absolute Gasteiger partial charge is 0.388 e. The standard InChI is InChI=1S/C7H11FN2O3S/c8-1-2-4(11)5(12)3-6(13-2)14-7(9)10-3/h2-6,11-12H,1H2,(H2,9,10)/t2-,3-,4-,5-,6-/m1/s1. The Morgan fingerprint density at radius 1 is 1.50 bits per heavy atom. The lowest BCUT2D eigenvalue weighted by Crippen LogP contribution is -2.55. The van der Waals surface area contributed by atoms with Gasteiger partial charge in [-0.05, 0) is 0 Å². The summed E-state index contributed by atoms with van der Waals surface area (Å²) in [5.74, 6) is 0. The van der Waals surface area contributed by atoms with Gasteiger partial charge in [0.2, 0.25) is 0 Å². The average molecular weight is 222 g/mol. The van der Waals surface area contributed by atoms with E-state index in [4.69, 9.17) is 10.5 Å². The lowest BCUT2D eigenvalue weighted by atomic mass is 9.99. The van der Waals surface area contributed by atoms with Gasteiger partial charge in [-0.3, -0.25) is 4.99 Å². The summed E-state index contributed by atoms with van der Waals surface area (Å²) in [5.41, 5.74) is 4.96.